The number of fused-ring (bicyclic) bond motifs is 6. The van der Waals surface area contributed by atoms with Gasteiger partial charge in [-0.3, -0.25) is 0 Å². The van der Waals surface area contributed by atoms with E-state index in [-0.39, 0.29) is 12.0 Å². The number of ether oxygens (including phenoxy) is 1. The average Bonchev–Trinajstić information content (AvgIpc) is 3.59. The number of para-hydroxylation sites is 1. The molecule has 2 heterocycles. The molecule has 7 aromatic rings. The molecule has 3 aliphatic rings. The van der Waals surface area contributed by atoms with E-state index in [4.69, 9.17) is 4.74 Å². The van der Waals surface area contributed by atoms with Crippen LogP contribution in [0, 0.1) is 0 Å². The number of nitrogens with zero attached hydrogens (tertiary/aromatic N) is 1. The van der Waals surface area contributed by atoms with Gasteiger partial charge < -0.3 is 9.64 Å². The Balaban J connectivity index is 1.07. The van der Waals surface area contributed by atoms with Crippen molar-refractivity contribution < 1.29 is 4.74 Å². The number of rotatable bonds is 6. The molecule has 1 aliphatic carbocycles. The Morgan fingerprint density at radius 2 is 1.10 bits per heavy atom. The van der Waals surface area contributed by atoms with E-state index in [0.717, 1.165) is 34.1 Å². The fourth-order valence-electron chi connectivity index (χ4n) is 7.90. The lowest BCUT2D eigenvalue weighted by Gasteiger charge is -2.26. The molecule has 3 heteroatoms. The van der Waals surface area contributed by atoms with Crippen molar-refractivity contribution in [2.75, 3.05) is 4.90 Å². The SMILES string of the molecule is C1=CC2Oc3cc(-c4ccc(N(c5ccccc5)c5ccc(-c6ccccc6)cc5)cc4)c(-c4ccc5c(c4)-c4ccccc4SC5)cc3C2C=C1. The molecule has 0 fully saturated rings. The van der Waals surface area contributed by atoms with E-state index in [2.05, 4.69) is 193 Å². The number of hydrogen-bond donors (Lipinski definition) is 0. The zero-order valence-electron chi connectivity index (χ0n) is 28.5. The van der Waals surface area contributed by atoms with Crippen LogP contribution in [0.5, 0.6) is 5.75 Å². The summed E-state index contributed by atoms with van der Waals surface area (Å²) in [7, 11) is 0. The molecule has 2 aliphatic heterocycles. The average molecular weight is 686 g/mol. The Labute approximate surface area is 309 Å². The third kappa shape index (κ3) is 5.46. The Morgan fingerprint density at radius 1 is 0.481 bits per heavy atom. The molecule has 52 heavy (non-hydrogen) atoms. The summed E-state index contributed by atoms with van der Waals surface area (Å²) in [6.45, 7) is 0. The summed E-state index contributed by atoms with van der Waals surface area (Å²) < 4.78 is 6.57. The number of anilines is 3. The van der Waals surface area contributed by atoms with Gasteiger partial charge in [0.15, 0.2) is 0 Å². The Hall–Kier alpha value is -6.03. The first-order valence-electron chi connectivity index (χ1n) is 17.9. The highest BCUT2D eigenvalue weighted by atomic mass is 32.2. The van der Waals surface area contributed by atoms with Crippen LogP contribution in [0.2, 0.25) is 0 Å². The van der Waals surface area contributed by atoms with Crippen LogP contribution in [0.25, 0.3) is 44.5 Å². The van der Waals surface area contributed by atoms with Crippen LogP contribution < -0.4 is 9.64 Å². The minimum atomic E-state index is 0.0330. The smallest absolute Gasteiger partial charge is 0.128 e. The molecule has 0 saturated carbocycles. The van der Waals surface area contributed by atoms with Crippen molar-refractivity contribution >= 4 is 28.8 Å². The summed E-state index contributed by atoms with van der Waals surface area (Å²) in [6, 6.07) is 59.6. The monoisotopic (exact) mass is 685 g/mol. The Bertz CT molecular complexity index is 2480. The van der Waals surface area contributed by atoms with E-state index in [1.54, 1.807) is 0 Å². The topological polar surface area (TPSA) is 12.5 Å². The van der Waals surface area contributed by atoms with Gasteiger partial charge in [-0.1, -0.05) is 121 Å². The molecule has 0 radical (unpaired) electrons. The molecule has 2 atom stereocenters. The highest BCUT2D eigenvalue weighted by Crippen LogP contribution is 2.49. The fraction of sp³-hybridized carbons (Fsp3) is 0.0612. The van der Waals surface area contributed by atoms with Crippen molar-refractivity contribution in [3.63, 3.8) is 0 Å². The number of allylic oxidation sites excluding steroid dienone is 2. The number of thioether (sulfide) groups is 1. The zero-order valence-corrected chi connectivity index (χ0v) is 29.3. The molecule has 0 spiro atoms. The second-order valence-corrected chi connectivity index (χ2v) is 14.6. The molecule has 7 aromatic carbocycles. The zero-order chi connectivity index (χ0) is 34.4. The minimum absolute atomic E-state index is 0.0330. The third-order valence-electron chi connectivity index (χ3n) is 10.5. The maximum atomic E-state index is 6.57. The fourth-order valence-corrected chi connectivity index (χ4v) is 8.97. The number of benzene rings is 7. The van der Waals surface area contributed by atoms with E-state index in [1.165, 1.54) is 55.0 Å². The maximum Gasteiger partial charge on any atom is 0.128 e. The van der Waals surface area contributed by atoms with Gasteiger partial charge in [0.1, 0.15) is 11.9 Å². The lowest BCUT2D eigenvalue weighted by molar-refractivity contribution is 0.269. The first-order valence-corrected chi connectivity index (χ1v) is 18.9. The molecule has 2 unspecified atom stereocenters. The molecule has 0 bridgehead atoms. The highest BCUT2D eigenvalue weighted by Gasteiger charge is 2.33. The van der Waals surface area contributed by atoms with Gasteiger partial charge in [-0.05, 0) is 117 Å². The minimum Gasteiger partial charge on any atom is -0.485 e. The van der Waals surface area contributed by atoms with Crippen molar-refractivity contribution in [1.29, 1.82) is 0 Å². The Morgan fingerprint density at radius 3 is 1.88 bits per heavy atom. The highest BCUT2D eigenvalue weighted by molar-refractivity contribution is 7.98. The molecule has 0 amide bonds. The molecular weight excluding hydrogens is 651 g/mol. The van der Waals surface area contributed by atoms with Crippen molar-refractivity contribution in [3.8, 4) is 50.3 Å². The van der Waals surface area contributed by atoms with Crippen molar-refractivity contribution in [3.05, 3.63) is 199 Å². The molecule has 2 nitrogen and oxygen atoms in total. The van der Waals surface area contributed by atoms with Gasteiger partial charge in [-0.2, -0.15) is 0 Å². The van der Waals surface area contributed by atoms with Crippen LogP contribution in [0.1, 0.15) is 17.0 Å². The van der Waals surface area contributed by atoms with Crippen LogP contribution in [0.3, 0.4) is 0 Å². The summed E-state index contributed by atoms with van der Waals surface area (Å²) >= 11 is 1.93. The van der Waals surface area contributed by atoms with Gasteiger partial charge in [0.25, 0.3) is 0 Å². The summed E-state index contributed by atoms with van der Waals surface area (Å²) in [5, 5.41) is 0. The summed E-state index contributed by atoms with van der Waals surface area (Å²) in [6.07, 6.45) is 8.73. The van der Waals surface area contributed by atoms with E-state index < -0.39 is 0 Å². The van der Waals surface area contributed by atoms with Crippen LogP contribution in [-0.4, -0.2) is 6.10 Å². The van der Waals surface area contributed by atoms with Gasteiger partial charge in [0, 0.05) is 39.2 Å². The van der Waals surface area contributed by atoms with Gasteiger partial charge in [0.05, 0.1) is 0 Å². The lowest BCUT2D eigenvalue weighted by atomic mass is 9.85. The molecular formula is C49H35NOS. The standard InChI is InChI=1S/C49H35NOS/c1-3-11-33(12-4-1)34-21-25-39(26-22-34)50(38-13-5-2-6-14-38)40-27-23-35(24-28-40)45-31-48-46(41-15-7-9-17-47(41)51-48)30-44(45)36-19-20-37-32-52-49-18-10-8-16-42(49)43(37)29-36/h1-31,41,47H,32H2. The normalized spacial score (nSPS) is 16.3. The van der Waals surface area contributed by atoms with Gasteiger partial charge >= 0.3 is 0 Å². The van der Waals surface area contributed by atoms with Crippen LogP contribution in [0.4, 0.5) is 17.1 Å². The molecule has 0 saturated heterocycles. The Kier molecular flexibility index (Phi) is 7.66. The quantitative estimate of drug-likeness (QED) is 0.173. The van der Waals surface area contributed by atoms with Gasteiger partial charge in [-0.25, -0.2) is 0 Å². The van der Waals surface area contributed by atoms with Gasteiger partial charge in [0.2, 0.25) is 0 Å². The molecule has 248 valence electrons. The predicted octanol–water partition coefficient (Wildman–Crippen LogP) is 13.4. The van der Waals surface area contributed by atoms with Gasteiger partial charge in [-0.15, -0.1) is 11.8 Å². The van der Waals surface area contributed by atoms with Crippen molar-refractivity contribution in [2.45, 2.75) is 22.7 Å². The van der Waals surface area contributed by atoms with E-state index in [0.29, 0.717) is 0 Å². The third-order valence-corrected chi connectivity index (χ3v) is 11.6. The lowest BCUT2D eigenvalue weighted by Crippen LogP contribution is -2.15. The molecule has 0 N–H and O–H groups in total. The summed E-state index contributed by atoms with van der Waals surface area (Å²) in [4.78, 5) is 3.68. The first kappa shape index (κ1) is 30.8. The largest absolute Gasteiger partial charge is 0.485 e. The summed E-state index contributed by atoms with van der Waals surface area (Å²) in [5.41, 5.74) is 15.8. The van der Waals surface area contributed by atoms with Crippen LogP contribution in [0.15, 0.2) is 193 Å². The second kappa shape index (κ2) is 12.9. The summed E-state index contributed by atoms with van der Waals surface area (Å²) in [5.74, 6) is 2.18. The first-order chi connectivity index (χ1) is 25.8. The number of hydrogen-bond acceptors (Lipinski definition) is 3. The van der Waals surface area contributed by atoms with Crippen molar-refractivity contribution in [2.24, 2.45) is 0 Å². The predicted molar refractivity (Wildman–Crippen MR) is 218 cm³/mol. The van der Waals surface area contributed by atoms with Crippen molar-refractivity contribution in [1.82, 2.24) is 0 Å². The maximum absolute atomic E-state index is 6.57. The van der Waals surface area contributed by atoms with E-state index in [9.17, 15) is 0 Å². The van der Waals surface area contributed by atoms with E-state index in [1.807, 2.05) is 11.8 Å². The van der Waals surface area contributed by atoms with Crippen LogP contribution >= 0.6 is 11.8 Å². The second-order valence-electron chi connectivity index (χ2n) is 13.6. The molecule has 0 aromatic heterocycles. The van der Waals surface area contributed by atoms with Crippen LogP contribution in [-0.2, 0) is 5.75 Å². The van der Waals surface area contributed by atoms with E-state index >= 15 is 0 Å². The molecule has 10 rings (SSSR count).